The highest BCUT2D eigenvalue weighted by molar-refractivity contribution is 5.75. The Morgan fingerprint density at radius 2 is 2.14 bits per heavy atom. The summed E-state index contributed by atoms with van der Waals surface area (Å²) in [5, 5.41) is 2.59. The molecule has 0 unspecified atom stereocenters. The van der Waals surface area contributed by atoms with Crippen molar-refractivity contribution >= 4 is 5.91 Å². The second-order valence-electron chi connectivity index (χ2n) is 3.05. The van der Waals surface area contributed by atoms with Crippen LogP contribution in [0.25, 0.3) is 0 Å². The van der Waals surface area contributed by atoms with Gasteiger partial charge in [-0.3, -0.25) is 9.69 Å². The number of methoxy groups -OCH3 is 1. The highest BCUT2D eigenvalue weighted by Gasteiger charge is 2.05. The molecule has 0 fully saturated rings. The molecule has 1 amide bonds. The van der Waals surface area contributed by atoms with Crippen molar-refractivity contribution in [2.45, 2.75) is 6.42 Å². The number of rotatable bonds is 8. The van der Waals surface area contributed by atoms with E-state index in [0.717, 1.165) is 19.6 Å². The van der Waals surface area contributed by atoms with Crippen LogP contribution >= 0.6 is 0 Å². The van der Waals surface area contributed by atoms with Gasteiger partial charge in [-0.1, -0.05) is 0 Å². The first-order valence-electron chi connectivity index (χ1n) is 4.86. The standard InChI is InChI=1S/C9H21N3O2/c1-11-9(13)3-5-12(6-4-10)7-8-14-2/h3-8,10H2,1-2H3,(H,11,13). The van der Waals surface area contributed by atoms with Crippen molar-refractivity contribution in [2.75, 3.05) is 46.9 Å². The van der Waals surface area contributed by atoms with Gasteiger partial charge in [0.1, 0.15) is 0 Å². The van der Waals surface area contributed by atoms with Crippen LogP contribution in [0.2, 0.25) is 0 Å². The Hall–Kier alpha value is -0.650. The third kappa shape index (κ3) is 6.82. The lowest BCUT2D eigenvalue weighted by molar-refractivity contribution is -0.120. The molecule has 0 heterocycles. The van der Waals surface area contributed by atoms with Gasteiger partial charge in [0, 0.05) is 46.8 Å². The zero-order valence-corrected chi connectivity index (χ0v) is 9.08. The van der Waals surface area contributed by atoms with Crippen LogP contribution < -0.4 is 11.1 Å². The lowest BCUT2D eigenvalue weighted by Gasteiger charge is -2.20. The Morgan fingerprint density at radius 3 is 2.64 bits per heavy atom. The molecule has 0 aromatic carbocycles. The summed E-state index contributed by atoms with van der Waals surface area (Å²) < 4.78 is 4.97. The molecule has 14 heavy (non-hydrogen) atoms. The fourth-order valence-electron chi connectivity index (χ4n) is 1.12. The number of nitrogens with zero attached hydrogens (tertiary/aromatic N) is 1. The SMILES string of the molecule is CNC(=O)CCN(CCN)CCOC. The molecule has 0 aliphatic carbocycles. The van der Waals surface area contributed by atoms with Gasteiger partial charge in [0.25, 0.3) is 0 Å². The highest BCUT2D eigenvalue weighted by Crippen LogP contribution is 1.91. The molecule has 0 bridgehead atoms. The molecule has 0 saturated heterocycles. The van der Waals surface area contributed by atoms with Crippen molar-refractivity contribution in [1.82, 2.24) is 10.2 Å². The van der Waals surface area contributed by atoms with Crippen LogP contribution in [0, 0.1) is 0 Å². The molecule has 0 aromatic heterocycles. The van der Waals surface area contributed by atoms with Gasteiger partial charge < -0.3 is 15.8 Å². The van der Waals surface area contributed by atoms with E-state index in [1.807, 2.05) is 0 Å². The molecule has 0 spiro atoms. The number of hydrogen-bond donors (Lipinski definition) is 2. The molecule has 84 valence electrons. The first-order chi connectivity index (χ1) is 6.74. The summed E-state index contributed by atoms with van der Waals surface area (Å²) in [6.45, 7) is 3.65. The molecular formula is C9H21N3O2. The maximum Gasteiger partial charge on any atom is 0.221 e. The van der Waals surface area contributed by atoms with Crippen LogP contribution in [-0.2, 0) is 9.53 Å². The van der Waals surface area contributed by atoms with E-state index in [1.165, 1.54) is 0 Å². The number of ether oxygens (including phenoxy) is 1. The molecule has 5 heteroatoms. The number of carbonyl (C=O) groups excluding carboxylic acids is 1. The van der Waals surface area contributed by atoms with Crippen molar-refractivity contribution in [2.24, 2.45) is 5.73 Å². The third-order valence-corrected chi connectivity index (χ3v) is 1.99. The van der Waals surface area contributed by atoms with Crippen LogP contribution in [0.3, 0.4) is 0 Å². The van der Waals surface area contributed by atoms with Gasteiger partial charge in [0.15, 0.2) is 0 Å². The molecule has 0 saturated carbocycles. The molecule has 0 aromatic rings. The Balaban J connectivity index is 3.66. The Morgan fingerprint density at radius 1 is 1.43 bits per heavy atom. The summed E-state index contributed by atoms with van der Waals surface area (Å²) >= 11 is 0. The average molecular weight is 203 g/mol. The predicted octanol–water partition coefficient (Wildman–Crippen LogP) is -0.970. The molecule has 5 nitrogen and oxygen atoms in total. The monoisotopic (exact) mass is 203 g/mol. The average Bonchev–Trinajstić information content (AvgIpc) is 2.21. The topological polar surface area (TPSA) is 67.6 Å². The quantitative estimate of drug-likeness (QED) is 0.532. The van der Waals surface area contributed by atoms with Gasteiger partial charge in [-0.15, -0.1) is 0 Å². The van der Waals surface area contributed by atoms with Gasteiger partial charge in [-0.2, -0.15) is 0 Å². The van der Waals surface area contributed by atoms with Gasteiger partial charge in [-0.05, 0) is 0 Å². The largest absolute Gasteiger partial charge is 0.383 e. The summed E-state index contributed by atoms with van der Waals surface area (Å²) in [4.78, 5) is 13.1. The maximum absolute atomic E-state index is 11.0. The summed E-state index contributed by atoms with van der Waals surface area (Å²) in [5.41, 5.74) is 5.46. The van der Waals surface area contributed by atoms with Crippen molar-refractivity contribution in [1.29, 1.82) is 0 Å². The second kappa shape index (κ2) is 8.93. The van der Waals surface area contributed by atoms with Crippen LogP contribution in [0.15, 0.2) is 0 Å². The Labute approximate surface area is 85.6 Å². The summed E-state index contributed by atoms with van der Waals surface area (Å²) in [5.74, 6) is 0.0597. The predicted molar refractivity (Wildman–Crippen MR) is 56.1 cm³/mol. The molecular weight excluding hydrogens is 182 g/mol. The van der Waals surface area contributed by atoms with E-state index in [4.69, 9.17) is 10.5 Å². The summed E-state index contributed by atoms with van der Waals surface area (Å²) in [6, 6.07) is 0. The van der Waals surface area contributed by atoms with Gasteiger partial charge >= 0.3 is 0 Å². The van der Waals surface area contributed by atoms with Crippen LogP contribution in [0.4, 0.5) is 0 Å². The smallest absolute Gasteiger partial charge is 0.221 e. The molecule has 3 N–H and O–H groups in total. The van der Waals surface area contributed by atoms with E-state index in [-0.39, 0.29) is 5.91 Å². The van der Waals surface area contributed by atoms with Crippen molar-refractivity contribution in [3.05, 3.63) is 0 Å². The summed E-state index contributed by atoms with van der Waals surface area (Å²) in [7, 11) is 3.31. The van der Waals surface area contributed by atoms with Crippen molar-refractivity contribution in [3.8, 4) is 0 Å². The lowest BCUT2D eigenvalue weighted by atomic mass is 10.3. The van der Waals surface area contributed by atoms with E-state index in [2.05, 4.69) is 10.2 Å². The molecule has 0 atom stereocenters. The first-order valence-corrected chi connectivity index (χ1v) is 4.86. The van der Waals surface area contributed by atoms with Crippen LogP contribution in [0.1, 0.15) is 6.42 Å². The molecule has 0 rings (SSSR count). The van der Waals surface area contributed by atoms with Crippen molar-refractivity contribution < 1.29 is 9.53 Å². The van der Waals surface area contributed by atoms with E-state index in [1.54, 1.807) is 14.2 Å². The minimum absolute atomic E-state index is 0.0597. The second-order valence-corrected chi connectivity index (χ2v) is 3.05. The number of amides is 1. The molecule has 0 aliphatic heterocycles. The first kappa shape index (κ1) is 13.4. The van der Waals surface area contributed by atoms with E-state index < -0.39 is 0 Å². The number of nitrogens with two attached hydrogens (primary N) is 1. The van der Waals surface area contributed by atoms with Gasteiger partial charge in [-0.25, -0.2) is 0 Å². The third-order valence-electron chi connectivity index (χ3n) is 1.99. The zero-order valence-electron chi connectivity index (χ0n) is 9.08. The zero-order chi connectivity index (χ0) is 10.8. The minimum atomic E-state index is 0.0597. The molecule has 0 radical (unpaired) electrons. The van der Waals surface area contributed by atoms with Gasteiger partial charge in [0.05, 0.1) is 6.61 Å². The summed E-state index contributed by atoms with van der Waals surface area (Å²) in [6.07, 6.45) is 0.514. The van der Waals surface area contributed by atoms with Crippen LogP contribution in [0.5, 0.6) is 0 Å². The molecule has 0 aliphatic rings. The minimum Gasteiger partial charge on any atom is -0.383 e. The van der Waals surface area contributed by atoms with Crippen molar-refractivity contribution in [3.63, 3.8) is 0 Å². The number of nitrogens with one attached hydrogen (secondary N) is 1. The maximum atomic E-state index is 11.0. The number of hydrogen-bond acceptors (Lipinski definition) is 4. The van der Waals surface area contributed by atoms with E-state index >= 15 is 0 Å². The van der Waals surface area contributed by atoms with E-state index in [0.29, 0.717) is 19.6 Å². The Bertz CT molecular complexity index is 153. The fraction of sp³-hybridized carbons (Fsp3) is 0.889. The lowest BCUT2D eigenvalue weighted by Crippen LogP contribution is -2.35. The number of carbonyl (C=O) groups is 1. The van der Waals surface area contributed by atoms with Crippen LogP contribution in [-0.4, -0.2) is 57.8 Å². The normalized spacial score (nSPS) is 10.6. The highest BCUT2D eigenvalue weighted by atomic mass is 16.5. The fourth-order valence-corrected chi connectivity index (χ4v) is 1.12. The van der Waals surface area contributed by atoms with E-state index in [9.17, 15) is 4.79 Å². The van der Waals surface area contributed by atoms with Gasteiger partial charge in [0.2, 0.25) is 5.91 Å². The Kier molecular flexibility index (Phi) is 8.51.